The predicted molar refractivity (Wildman–Crippen MR) is 89.4 cm³/mol. The first-order chi connectivity index (χ1) is 11.5. The number of carboxylic acids is 1. The SMILES string of the molecule is O=C(O)C1CCCC(Nc2ncc(Cl)c(-c3ccc(F)cc3)n2)C1. The zero-order valence-electron chi connectivity index (χ0n) is 12.9. The summed E-state index contributed by atoms with van der Waals surface area (Å²) in [6.45, 7) is 0. The molecule has 1 aromatic carbocycles. The van der Waals surface area contributed by atoms with Gasteiger partial charge in [0.1, 0.15) is 5.82 Å². The zero-order valence-corrected chi connectivity index (χ0v) is 13.6. The molecule has 2 atom stereocenters. The van der Waals surface area contributed by atoms with Crippen LogP contribution in [0.5, 0.6) is 0 Å². The molecule has 5 nitrogen and oxygen atoms in total. The average Bonchev–Trinajstić information content (AvgIpc) is 2.58. The molecule has 2 N–H and O–H groups in total. The van der Waals surface area contributed by atoms with Crippen LogP contribution in [0, 0.1) is 11.7 Å². The Labute approximate surface area is 143 Å². The molecule has 24 heavy (non-hydrogen) atoms. The lowest BCUT2D eigenvalue weighted by Gasteiger charge is -2.27. The highest BCUT2D eigenvalue weighted by atomic mass is 35.5. The first-order valence-corrected chi connectivity index (χ1v) is 8.18. The van der Waals surface area contributed by atoms with Gasteiger partial charge in [0.05, 0.1) is 22.8 Å². The second-order valence-corrected chi connectivity index (χ2v) is 6.35. The van der Waals surface area contributed by atoms with E-state index in [1.165, 1.54) is 18.3 Å². The third kappa shape index (κ3) is 3.82. The molecule has 1 heterocycles. The molecule has 1 aliphatic rings. The lowest BCUT2D eigenvalue weighted by Crippen LogP contribution is -2.31. The van der Waals surface area contributed by atoms with Gasteiger partial charge in [-0.1, -0.05) is 18.0 Å². The summed E-state index contributed by atoms with van der Waals surface area (Å²) >= 11 is 6.15. The van der Waals surface area contributed by atoms with Crippen molar-refractivity contribution in [2.75, 3.05) is 5.32 Å². The maximum absolute atomic E-state index is 13.1. The summed E-state index contributed by atoms with van der Waals surface area (Å²) in [5.41, 5.74) is 1.21. The van der Waals surface area contributed by atoms with Crippen LogP contribution in [-0.2, 0) is 4.79 Å². The normalized spacial score (nSPS) is 20.6. The van der Waals surface area contributed by atoms with Crippen LogP contribution in [0.2, 0.25) is 5.02 Å². The van der Waals surface area contributed by atoms with Crippen molar-refractivity contribution in [3.05, 3.63) is 41.3 Å². The molecule has 0 amide bonds. The van der Waals surface area contributed by atoms with Crippen LogP contribution in [0.1, 0.15) is 25.7 Å². The van der Waals surface area contributed by atoms with Crippen LogP contribution in [0.3, 0.4) is 0 Å². The van der Waals surface area contributed by atoms with E-state index in [2.05, 4.69) is 15.3 Å². The van der Waals surface area contributed by atoms with Gasteiger partial charge in [0, 0.05) is 11.6 Å². The number of carbonyl (C=O) groups is 1. The molecule has 3 rings (SSSR count). The number of aromatic nitrogens is 2. The van der Waals surface area contributed by atoms with E-state index < -0.39 is 5.97 Å². The second-order valence-electron chi connectivity index (χ2n) is 5.94. The van der Waals surface area contributed by atoms with E-state index in [0.717, 1.165) is 12.8 Å². The van der Waals surface area contributed by atoms with E-state index in [9.17, 15) is 9.18 Å². The van der Waals surface area contributed by atoms with Crippen molar-refractivity contribution < 1.29 is 14.3 Å². The number of nitrogens with zero attached hydrogens (tertiary/aromatic N) is 2. The molecular weight excluding hydrogens is 333 g/mol. The minimum atomic E-state index is -0.759. The maximum atomic E-state index is 13.1. The Kier molecular flexibility index (Phi) is 4.94. The molecule has 0 radical (unpaired) electrons. The van der Waals surface area contributed by atoms with Crippen LogP contribution in [0.25, 0.3) is 11.3 Å². The number of halogens is 2. The van der Waals surface area contributed by atoms with E-state index in [0.29, 0.717) is 35.1 Å². The third-order valence-electron chi connectivity index (χ3n) is 4.22. The standard InChI is InChI=1S/C17H17ClFN3O2/c18-14-9-20-17(21-13-3-1-2-11(8-13)16(23)24)22-15(14)10-4-6-12(19)7-5-10/h4-7,9,11,13H,1-3,8H2,(H,23,24)(H,20,21,22). The number of hydrogen-bond donors (Lipinski definition) is 2. The molecule has 1 fully saturated rings. The summed E-state index contributed by atoms with van der Waals surface area (Å²) < 4.78 is 13.1. The fourth-order valence-electron chi connectivity index (χ4n) is 2.97. The van der Waals surface area contributed by atoms with E-state index in [1.54, 1.807) is 12.1 Å². The lowest BCUT2D eigenvalue weighted by molar-refractivity contribution is -0.142. The second kappa shape index (κ2) is 7.13. The molecule has 126 valence electrons. The third-order valence-corrected chi connectivity index (χ3v) is 4.50. The molecule has 0 bridgehead atoms. The van der Waals surface area contributed by atoms with Gasteiger partial charge in [-0.05, 0) is 43.5 Å². The smallest absolute Gasteiger partial charge is 0.306 e. The molecule has 2 aromatic rings. The monoisotopic (exact) mass is 349 g/mol. The van der Waals surface area contributed by atoms with Crippen molar-refractivity contribution >= 4 is 23.5 Å². The number of anilines is 1. The fraction of sp³-hybridized carbons (Fsp3) is 0.353. The average molecular weight is 350 g/mol. The Hall–Kier alpha value is -2.21. The van der Waals surface area contributed by atoms with Gasteiger partial charge in [0.2, 0.25) is 5.95 Å². The minimum absolute atomic E-state index is 0.0158. The largest absolute Gasteiger partial charge is 0.481 e. The van der Waals surface area contributed by atoms with Crippen LogP contribution in [0.15, 0.2) is 30.5 Å². The maximum Gasteiger partial charge on any atom is 0.306 e. The van der Waals surface area contributed by atoms with Gasteiger partial charge >= 0.3 is 5.97 Å². The number of carboxylic acid groups (broad SMARTS) is 1. The summed E-state index contributed by atoms with van der Waals surface area (Å²) in [6, 6.07) is 5.92. The van der Waals surface area contributed by atoms with Crippen molar-refractivity contribution in [2.45, 2.75) is 31.7 Å². The Morgan fingerprint density at radius 2 is 2.04 bits per heavy atom. The molecule has 1 aliphatic carbocycles. The fourth-order valence-corrected chi connectivity index (χ4v) is 3.17. The first-order valence-electron chi connectivity index (χ1n) is 7.81. The minimum Gasteiger partial charge on any atom is -0.481 e. The van der Waals surface area contributed by atoms with Gasteiger partial charge in [-0.2, -0.15) is 0 Å². The Morgan fingerprint density at radius 1 is 1.29 bits per heavy atom. The summed E-state index contributed by atoms with van der Waals surface area (Å²) in [6.07, 6.45) is 4.48. The molecule has 2 unspecified atom stereocenters. The van der Waals surface area contributed by atoms with Gasteiger partial charge < -0.3 is 10.4 Å². The summed E-state index contributed by atoms with van der Waals surface area (Å²) in [7, 11) is 0. The Bertz CT molecular complexity index is 739. The van der Waals surface area contributed by atoms with E-state index >= 15 is 0 Å². The highest BCUT2D eigenvalue weighted by Crippen LogP contribution is 2.29. The van der Waals surface area contributed by atoms with Crippen LogP contribution in [-0.4, -0.2) is 27.1 Å². The van der Waals surface area contributed by atoms with Crippen LogP contribution < -0.4 is 5.32 Å². The number of rotatable bonds is 4. The molecule has 1 aromatic heterocycles. The lowest BCUT2D eigenvalue weighted by atomic mass is 9.86. The van der Waals surface area contributed by atoms with Crippen molar-refractivity contribution in [3.8, 4) is 11.3 Å². The molecule has 0 saturated heterocycles. The van der Waals surface area contributed by atoms with E-state index in [4.69, 9.17) is 16.7 Å². The van der Waals surface area contributed by atoms with E-state index in [-0.39, 0.29) is 17.8 Å². The van der Waals surface area contributed by atoms with Gasteiger partial charge in [-0.25, -0.2) is 14.4 Å². The zero-order chi connectivity index (χ0) is 17.1. The van der Waals surface area contributed by atoms with Crippen molar-refractivity contribution in [1.29, 1.82) is 0 Å². The van der Waals surface area contributed by atoms with Gasteiger partial charge in [-0.3, -0.25) is 4.79 Å². The highest BCUT2D eigenvalue weighted by molar-refractivity contribution is 6.32. The number of nitrogens with one attached hydrogen (secondary N) is 1. The van der Waals surface area contributed by atoms with Gasteiger partial charge in [-0.15, -0.1) is 0 Å². The van der Waals surface area contributed by atoms with Crippen molar-refractivity contribution in [2.24, 2.45) is 5.92 Å². The Morgan fingerprint density at radius 3 is 2.75 bits per heavy atom. The summed E-state index contributed by atoms with van der Waals surface area (Å²) in [5.74, 6) is -1.02. The van der Waals surface area contributed by atoms with Gasteiger partial charge in [0.25, 0.3) is 0 Å². The Balaban J connectivity index is 1.78. The molecule has 0 spiro atoms. The number of benzene rings is 1. The summed E-state index contributed by atoms with van der Waals surface area (Å²) in [4.78, 5) is 19.7. The number of aliphatic carboxylic acids is 1. The number of hydrogen-bond acceptors (Lipinski definition) is 4. The van der Waals surface area contributed by atoms with Crippen LogP contribution in [0.4, 0.5) is 10.3 Å². The van der Waals surface area contributed by atoms with E-state index in [1.807, 2.05) is 0 Å². The topological polar surface area (TPSA) is 75.1 Å². The quantitative estimate of drug-likeness (QED) is 0.872. The first kappa shape index (κ1) is 16.6. The molecule has 1 saturated carbocycles. The molecular formula is C17H17ClFN3O2. The van der Waals surface area contributed by atoms with Gasteiger partial charge in [0.15, 0.2) is 0 Å². The predicted octanol–water partition coefficient (Wildman–Crippen LogP) is 3.99. The summed E-state index contributed by atoms with van der Waals surface area (Å²) in [5, 5.41) is 12.7. The van der Waals surface area contributed by atoms with Crippen molar-refractivity contribution in [3.63, 3.8) is 0 Å². The van der Waals surface area contributed by atoms with Crippen molar-refractivity contribution in [1.82, 2.24) is 9.97 Å². The van der Waals surface area contributed by atoms with Crippen LogP contribution >= 0.6 is 11.6 Å². The molecule has 0 aliphatic heterocycles. The molecule has 7 heteroatoms. The highest BCUT2D eigenvalue weighted by Gasteiger charge is 2.27.